The number of hydrogen-bond donors (Lipinski definition) is 1. The van der Waals surface area contributed by atoms with E-state index in [9.17, 15) is 14.0 Å². The number of anilines is 1. The Balaban J connectivity index is 1.49. The van der Waals surface area contributed by atoms with Crippen LogP contribution in [0.25, 0.3) is 15.7 Å². The molecular weight excluding hydrogens is 429 g/mol. The highest BCUT2D eigenvalue weighted by molar-refractivity contribution is 8.09. The average molecular weight is 450 g/mol. The van der Waals surface area contributed by atoms with E-state index in [-0.39, 0.29) is 12.0 Å². The van der Waals surface area contributed by atoms with Gasteiger partial charge in [0.15, 0.2) is 0 Å². The summed E-state index contributed by atoms with van der Waals surface area (Å²) in [4.78, 5) is 32.5. The Labute approximate surface area is 188 Å². The predicted octanol–water partition coefficient (Wildman–Crippen LogP) is 4.74. The van der Waals surface area contributed by atoms with Gasteiger partial charge in [0.1, 0.15) is 16.8 Å². The zero-order valence-electron chi connectivity index (χ0n) is 17.4. The molecule has 0 bridgehead atoms. The van der Waals surface area contributed by atoms with Gasteiger partial charge >= 0.3 is 6.03 Å². The van der Waals surface area contributed by atoms with Crippen LogP contribution in [0.15, 0.2) is 60.9 Å². The van der Waals surface area contributed by atoms with Crippen molar-refractivity contribution in [2.75, 3.05) is 4.90 Å². The summed E-state index contributed by atoms with van der Waals surface area (Å²) < 4.78 is 19.6. The lowest BCUT2D eigenvalue weighted by Crippen LogP contribution is -2.60. The summed E-state index contributed by atoms with van der Waals surface area (Å²) in [5, 5.41) is 3.99. The molecule has 2 unspecified atom stereocenters. The molecule has 5 rings (SSSR count). The first-order chi connectivity index (χ1) is 15.4. The molecule has 1 fully saturated rings. The van der Waals surface area contributed by atoms with Crippen LogP contribution in [0, 0.1) is 5.82 Å². The molecule has 2 aliphatic heterocycles. The second-order valence-electron chi connectivity index (χ2n) is 7.91. The fraction of sp³-hybridized carbons (Fsp3) is 0.208. The minimum Gasteiger partial charge on any atom is -0.490 e. The number of halogens is 1. The summed E-state index contributed by atoms with van der Waals surface area (Å²) in [6, 6.07) is 10.9. The highest BCUT2D eigenvalue weighted by atomic mass is 32.2. The molecule has 6 nitrogen and oxygen atoms in total. The van der Waals surface area contributed by atoms with Crippen LogP contribution in [0.4, 0.5) is 14.9 Å². The lowest BCUT2D eigenvalue weighted by Gasteiger charge is -2.33. The second-order valence-corrected chi connectivity index (χ2v) is 9.09. The number of fused-ring (bicyclic) bond motifs is 2. The fourth-order valence-electron chi connectivity index (χ4n) is 3.97. The number of carbonyl (C=O) groups is 2. The van der Waals surface area contributed by atoms with Crippen molar-refractivity contribution in [3.63, 3.8) is 0 Å². The number of benzene rings is 2. The maximum absolute atomic E-state index is 13.8. The molecule has 1 aromatic heterocycles. The number of thioether (sulfide) groups is 1. The summed E-state index contributed by atoms with van der Waals surface area (Å²) in [6.45, 7) is 3.73. The first-order valence-corrected chi connectivity index (χ1v) is 11.1. The van der Waals surface area contributed by atoms with Gasteiger partial charge in [-0.15, -0.1) is 11.8 Å². The molecule has 8 heteroatoms. The Morgan fingerprint density at radius 1 is 1.16 bits per heavy atom. The van der Waals surface area contributed by atoms with Crippen molar-refractivity contribution < 1.29 is 18.7 Å². The van der Waals surface area contributed by atoms with Gasteiger partial charge < -0.3 is 10.1 Å². The van der Waals surface area contributed by atoms with Gasteiger partial charge in [-0.3, -0.25) is 9.78 Å². The lowest BCUT2D eigenvalue weighted by atomic mass is 10.1. The summed E-state index contributed by atoms with van der Waals surface area (Å²) >= 11 is 1.34. The average Bonchev–Trinajstić information content (AvgIpc) is 3.17. The molecular formula is C24H20FN3O3S. The van der Waals surface area contributed by atoms with Gasteiger partial charge in [0.2, 0.25) is 0 Å². The van der Waals surface area contributed by atoms with E-state index in [1.807, 2.05) is 44.2 Å². The molecule has 1 saturated heterocycles. The van der Waals surface area contributed by atoms with Gasteiger partial charge in [0.25, 0.3) is 5.91 Å². The molecule has 32 heavy (non-hydrogen) atoms. The maximum atomic E-state index is 13.8. The van der Waals surface area contributed by atoms with Gasteiger partial charge in [-0.05, 0) is 32.1 Å². The van der Waals surface area contributed by atoms with Crippen molar-refractivity contribution in [2.45, 2.75) is 31.2 Å². The molecule has 0 radical (unpaired) electrons. The molecule has 2 atom stereocenters. The maximum Gasteiger partial charge on any atom is 0.329 e. The number of amides is 3. The smallest absolute Gasteiger partial charge is 0.329 e. The SMILES string of the molecule is CC(C)Oc1cc(F)ccc1C1=CC2NC(=O)N(c3cncc4ccccc34)C(=O)C2S1. The highest BCUT2D eigenvalue weighted by Gasteiger charge is 2.46. The fourth-order valence-corrected chi connectivity index (χ4v) is 5.26. The zero-order chi connectivity index (χ0) is 22.4. The van der Waals surface area contributed by atoms with Gasteiger partial charge in [0.05, 0.1) is 24.0 Å². The van der Waals surface area contributed by atoms with E-state index >= 15 is 0 Å². The Bertz CT molecular complexity index is 1270. The number of nitrogens with one attached hydrogen (secondary N) is 1. The molecule has 3 aromatic rings. The number of ether oxygens (including phenoxy) is 1. The quantitative estimate of drug-likeness (QED) is 0.623. The van der Waals surface area contributed by atoms with Gasteiger partial charge in [-0.25, -0.2) is 14.1 Å². The second kappa shape index (κ2) is 7.94. The number of nitrogens with zero attached hydrogens (tertiary/aromatic N) is 2. The Morgan fingerprint density at radius 2 is 1.97 bits per heavy atom. The van der Waals surface area contributed by atoms with Gasteiger partial charge in [-0.2, -0.15) is 0 Å². The zero-order valence-corrected chi connectivity index (χ0v) is 18.2. The largest absolute Gasteiger partial charge is 0.490 e. The van der Waals surface area contributed by atoms with Crippen molar-refractivity contribution in [2.24, 2.45) is 0 Å². The van der Waals surface area contributed by atoms with Crippen molar-refractivity contribution in [1.82, 2.24) is 10.3 Å². The molecule has 2 aromatic carbocycles. The van der Waals surface area contributed by atoms with Crippen LogP contribution in [0.1, 0.15) is 19.4 Å². The summed E-state index contributed by atoms with van der Waals surface area (Å²) in [6.07, 6.45) is 4.93. The van der Waals surface area contributed by atoms with E-state index < -0.39 is 23.1 Å². The molecule has 0 saturated carbocycles. The van der Waals surface area contributed by atoms with Crippen LogP contribution in [0.2, 0.25) is 0 Å². The lowest BCUT2D eigenvalue weighted by molar-refractivity contribution is -0.118. The standard InChI is InChI=1S/C24H20FN3O3S/c1-13(2)31-20-9-15(25)7-8-17(20)21-10-18-22(32-21)23(29)28(24(30)27-18)19-12-26-11-14-5-3-4-6-16(14)19/h3-13,18,22H,1-2H3,(H,27,30). The minimum atomic E-state index is -0.543. The number of aromatic nitrogens is 1. The molecule has 162 valence electrons. The number of imide groups is 1. The van der Waals surface area contributed by atoms with Crippen molar-refractivity contribution >= 4 is 45.1 Å². The predicted molar refractivity (Wildman–Crippen MR) is 123 cm³/mol. The number of pyridine rings is 1. The Hall–Kier alpha value is -3.39. The number of hydrogen-bond acceptors (Lipinski definition) is 5. The van der Waals surface area contributed by atoms with E-state index in [0.717, 1.165) is 20.6 Å². The van der Waals surface area contributed by atoms with E-state index in [2.05, 4.69) is 10.3 Å². The minimum absolute atomic E-state index is 0.138. The molecule has 2 aliphatic rings. The van der Waals surface area contributed by atoms with Crippen LogP contribution >= 0.6 is 11.8 Å². The summed E-state index contributed by atoms with van der Waals surface area (Å²) in [5.41, 5.74) is 1.14. The van der Waals surface area contributed by atoms with E-state index in [0.29, 0.717) is 17.0 Å². The van der Waals surface area contributed by atoms with Crippen molar-refractivity contribution in [3.8, 4) is 5.75 Å². The Kier molecular flexibility index (Phi) is 5.09. The molecule has 3 amide bonds. The van der Waals surface area contributed by atoms with Crippen molar-refractivity contribution in [1.29, 1.82) is 0 Å². The summed E-state index contributed by atoms with van der Waals surface area (Å²) in [7, 11) is 0. The van der Waals surface area contributed by atoms with Crippen LogP contribution in [0.3, 0.4) is 0 Å². The van der Waals surface area contributed by atoms with Crippen LogP contribution in [-0.2, 0) is 4.79 Å². The molecule has 3 heterocycles. The van der Waals surface area contributed by atoms with Gasteiger partial charge in [-0.1, -0.05) is 24.3 Å². The third-order valence-electron chi connectivity index (χ3n) is 5.33. The topological polar surface area (TPSA) is 71.5 Å². The normalized spacial score (nSPS) is 20.4. The number of urea groups is 1. The van der Waals surface area contributed by atoms with E-state index in [1.165, 1.54) is 30.1 Å². The first kappa shape index (κ1) is 20.5. The first-order valence-electron chi connectivity index (χ1n) is 10.2. The Morgan fingerprint density at radius 3 is 2.78 bits per heavy atom. The van der Waals surface area contributed by atoms with Crippen molar-refractivity contribution in [3.05, 3.63) is 72.3 Å². The van der Waals surface area contributed by atoms with E-state index in [1.54, 1.807) is 12.3 Å². The number of rotatable bonds is 4. The number of carbonyl (C=O) groups excluding carboxylic acids is 2. The van der Waals surface area contributed by atoms with E-state index in [4.69, 9.17) is 4.74 Å². The summed E-state index contributed by atoms with van der Waals surface area (Å²) in [5.74, 6) is -0.308. The molecule has 1 N–H and O–H groups in total. The molecule has 0 spiro atoms. The third kappa shape index (κ3) is 3.50. The van der Waals surface area contributed by atoms with Gasteiger partial charge in [0, 0.05) is 33.5 Å². The van der Waals surface area contributed by atoms with Crippen LogP contribution < -0.4 is 15.0 Å². The van der Waals surface area contributed by atoms with Crippen LogP contribution in [-0.4, -0.2) is 34.3 Å². The van der Waals surface area contributed by atoms with Crippen LogP contribution in [0.5, 0.6) is 5.75 Å². The monoisotopic (exact) mass is 449 g/mol. The molecule has 0 aliphatic carbocycles. The highest BCUT2D eigenvalue weighted by Crippen LogP contribution is 2.45. The third-order valence-corrected chi connectivity index (χ3v) is 6.69.